The second-order valence-corrected chi connectivity index (χ2v) is 10.7. The van der Waals surface area contributed by atoms with Crippen LogP contribution in [0.3, 0.4) is 0 Å². The van der Waals surface area contributed by atoms with Crippen molar-refractivity contribution in [1.29, 1.82) is 0 Å². The van der Waals surface area contributed by atoms with Crippen molar-refractivity contribution in [2.75, 3.05) is 13.1 Å². The fourth-order valence-electron chi connectivity index (χ4n) is 4.89. The Hall–Kier alpha value is -2.32. The van der Waals surface area contributed by atoms with E-state index in [1.54, 1.807) is 0 Å². The minimum Gasteiger partial charge on any atom is -0.399 e. The molecule has 0 spiro atoms. The maximum atomic E-state index is 9.81. The summed E-state index contributed by atoms with van der Waals surface area (Å²) >= 11 is 0. The Morgan fingerprint density at radius 2 is 1.88 bits per heavy atom. The first kappa shape index (κ1) is 23.4. The van der Waals surface area contributed by atoms with E-state index in [0.29, 0.717) is 6.42 Å². The molecular weight excluding hydrogens is 425 g/mol. The molecule has 2 aliphatic heterocycles. The largest absolute Gasteiger partial charge is 0.495 e. The Morgan fingerprint density at radius 1 is 1.12 bits per heavy atom. The zero-order valence-corrected chi connectivity index (χ0v) is 20.8. The maximum absolute atomic E-state index is 9.81. The average Bonchev–Trinajstić information content (AvgIpc) is 3.27. The van der Waals surface area contributed by atoms with Gasteiger partial charge in [0.25, 0.3) is 0 Å². The second-order valence-electron chi connectivity index (χ2n) is 10.7. The highest BCUT2D eigenvalue weighted by atomic mass is 16.7. The number of hydrogen-bond donors (Lipinski definition) is 1. The van der Waals surface area contributed by atoms with Crippen LogP contribution >= 0.6 is 0 Å². The van der Waals surface area contributed by atoms with Crippen LogP contribution in [0.15, 0.2) is 42.7 Å². The van der Waals surface area contributed by atoms with Crippen molar-refractivity contribution < 1.29 is 14.4 Å². The summed E-state index contributed by atoms with van der Waals surface area (Å²) in [7, 11) is -0.379. The number of aromatic nitrogens is 2. The summed E-state index contributed by atoms with van der Waals surface area (Å²) in [6, 6.07) is 10.5. The molecule has 5 rings (SSSR count). The van der Waals surface area contributed by atoms with Gasteiger partial charge in [-0.15, -0.1) is 0 Å². The molecule has 0 radical (unpaired) electrons. The highest BCUT2D eigenvalue weighted by molar-refractivity contribution is 6.62. The summed E-state index contributed by atoms with van der Waals surface area (Å²) < 4.78 is 12.6. The van der Waals surface area contributed by atoms with Gasteiger partial charge in [-0.1, -0.05) is 18.2 Å². The van der Waals surface area contributed by atoms with Crippen LogP contribution in [0.25, 0.3) is 10.9 Å². The first-order valence-corrected chi connectivity index (χ1v) is 12.2. The fourth-order valence-corrected chi connectivity index (χ4v) is 4.89. The molecule has 2 aromatic heterocycles. The van der Waals surface area contributed by atoms with Gasteiger partial charge in [0.2, 0.25) is 0 Å². The van der Waals surface area contributed by atoms with Crippen LogP contribution in [0.2, 0.25) is 0 Å². The van der Waals surface area contributed by atoms with Crippen LogP contribution < -0.4 is 5.46 Å². The average molecular weight is 459 g/mol. The van der Waals surface area contributed by atoms with E-state index in [4.69, 9.17) is 19.3 Å². The number of aliphatic hydroxyl groups excluding tert-OH is 1. The van der Waals surface area contributed by atoms with E-state index in [1.165, 1.54) is 11.1 Å². The van der Waals surface area contributed by atoms with Gasteiger partial charge < -0.3 is 14.4 Å². The van der Waals surface area contributed by atoms with Crippen LogP contribution in [-0.2, 0) is 22.3 Å². The van der Waals surface area contributed by atoms with Crippen molar-refractivity contribution in [2.45, 2.75) is 71.3 Å². The van der Waals surface area contributed by atoms with E-state index in [-0.39, 0.29) is 24.4 Å². The SMILES string of the molecule is Cc1c(Cc2nccc3cc(CN4CC[C@@H](O)C4)cnc23)cccc1B1OC(C)(C)C(C)(C)O1. The molecule has 0 unspecified atom stereocenters. The van der Waals surface area contributed by atoms with E-state index in [9.17, 15) is 5.11 Å². The molecule has 2 aliphatic rings. The number of nitrogens with zero attached hydrogens (tertiary/aromatic N) is 3. The summed E-state index contributed by atoms with van der Waals surface area (Å²) in [6.45, 7) is 12.9. The Kier molecular flexibility index (Phi) is 6.01. The first-order chi connectivity index (χ1) is 16.1. The number of pyridine rings is 2. The van der Waals surface area contributed by atoms with Crippen LogP contribution in [0, 0.1) is 6.92 Å². The van der Waals surface area contributed by atoms with Gasteiger partial charge in [-0.2, -0.15) is 0 Å². The molecule has 2 fully saturated rings. The molecular formula is C27H34BN3O3. The van der Waals surface area contributed by atoms with Gasteiger partial charge in [-0.3, -0.25) is 14.9 Å². The number of aliphatic hydroxyl groups is 1. The van der Waals surface area contributed by atoms with Gasteiger partial charge >= 0.3 is 7.12 Å². The number of rotatable bonds is 5. The monoisotopic (exact) mass is 459 g/mol. The van der Waals surface area contributed by atoms with Crippen molar-refractivity contribution in [3.8, 4) is 0 Å². The topological polar surface area (TPSA) is 67.7 Å². The van der Waals surface area contributed by atoms with Crippen molar-refractivity contribution in [2.24, 2.45) is 0 Å². The minimum atomic E-state index is -0.379. The molecule has 4 heterocycles. The third kappa shape index (κ3) is 4.38. The Morgan fingerprint density at radius 3 is 2.59 bits per heavy atom. The van der Waals surface area contributed by atoms with E-state index in [2.05, 4.69) is 63.8 Å². The Bertz CT molecular complexity index is 1200. The van der Waals surface area contributed by atoms with Gasteiger partial charge in [-0.25, -0.2) is 0 Å². The number of hydrogen-bond acceptors (Lipinski definition) is 6. The van der Waals surface area contributed by atoms with Gasteiger partial charge in [0.1, 0.15) is 0 Å². The molecule has 6 nitrogen and oxygen atoms in total. The van der Waals surface area contributed by atoms with E-state index in [1.807, 2.05) is 18.5 Å². The normalized spacial score (nSPS) is 22.1. The zero-order chi connectivity index (χ0) is 24.1. The highest BCUT2D eigenvalue weighted by Crippen LogP contribution is 2.37. The maximum Gasteiger partial charge on any atom is 0.495 e. The van der Waals surface area contributed by atoms with Crippen molar-refractivity contribution >= 4 is 23.5 Å². The smallest absolute Gasteiger partial charge is 0.399 e. The number of fused-ring (bicyclic) bond motifs is 1. The predicted molar refractivity (Wildman–Crippen MR) is 135 cm³/mol. The van der Waals surface area contributed by atoms with E-state index >= 15 is 0 Å². The number of β-amino-alcohol motifs (C(OH)–C–C–N with tert-alkyl or cyclic N) is 1. The van der Waals surface area contributed by atoms with Gasteiger partial charge in [-0.05, 0) is 75.3 Å². The van der Waals surface area contributed by atoms with Crippen LogP contribution in [0.1, 0.15) is 56.5 Å². The molecule has 34 heavy (non-hydrogen) atoms. The Labute approximate surface area is 202 Å². The molecule has 178 valence electrons. The molecule has 1 N–H and O–H groups in total. The standard InChI is InChI=1S/C27H34BN3O3/c1-18-20(7-6-8-23(18)28-33-26(2,3)27(4,5)34-28)14-24-25-21(9-11-29-24)13-19(15-30-25)16-31-12-10-22(32)17-31/h6-9,11,13,15,22,32H,10,12,14,16-17H2,1-5H3/t22-/m1/s1. The molecule has 2 saturated heterocycles. The van der Waals surface area contributed by atoms with E-state index in [0.717, 1.165) is 53.7 Å². The lowest BCUT2D eigenvalue weighted by atomic mass is 9.74. The van der Waals surface area contributed by atoms with Crippen molar-refractivity contribution in [1.82, 2.24) is 14.9 Å². The lowest BCUT2D eigenvalue weighted by Crippen LogP contribution is -2.41. The van der Waals surface area contributed by atoms with Crippen LogP contribution in [0.4, 0.5) is 0 Å². The second kappa shape index (κ2) is 8.72. The molecule has 1 aromatic carbocycles. The highest BCUT2D eigenvalue weighted by Gasteiger charge is 2.52. The molecule has 1 atom stereocenters. The van der Waals surface area contributed by atoms with Crippen molar-refractivity contribution in [3.05, 3.63) is 65.1 Å². The summed E-state index contributed by atoms with van der Waals surface area (Å²) in [5, 5.41) is 10.9. The predicted octanol–water partition coefficient (Wildman–Crippen LogP) is 3.39. The molecule has 0 amide bonds. The quantitative estimate of drug-likeness (QED) is 0.590. The lowest BCUT2D eigenvalue weighted by molar-refractivity contribution is 0.00578. The van der Waals surface area contributed by atoms with Gasteiger partial charge in [0.15, 0.2) is 0 Å². The summed E-state index contributed by atoms with van der Waals surface area (Å²) in [6.07, 6.45) is 5.16. The third-order valence-electron chi connectivity index (χ3n) is 7.74. The number of likely N-dealkylation sites (tertiary alicyclic amines) is 1. The summed E-state index contributed by atoms with van der Waals surface area (Å²) in [4.78, 5) is 11.8. The van der Waals surface area contributed by atoms with Crippen molar-refractivity contribution in [3.63, 3.8) is 0 Å². The minimum absolute atomic E-state index is 0.208. The van der Waals surface area contributed by atoms with Crippen LogP contribution in [-0.4, -0.2) is 57.5 Å². The summed E-state index contributed by atoms with van der Waals surface area (Å²) in [5.41, 5.74) is 5.77. The fraction of sp³-hybridized carbons (Fsp3) is 0.481. The van der Waals surface area contributed by atoms with Gasteiger partial charge in [0.05, 0.1) is 28.5 Å². The first-order valence-electron chi connectivity index (χ1n) is 12.2. The Balaban J connectivity index is 1.40. The molecule has 0 saturated carbocycles. The molecule has 0 bridgehead atoms. The third-order valence-corrected chi connectivity index (χ3v) is 7.74. The molecule has 3 aromatic rings. The molecule has 0 aliphatic carbocycles. The molecule has 7 heteroatoms. The van der Waals surface area contributed by atoms with Crippen LogP contribution in [0.5, 0.6) is 0 Å². The summed E-state index contributed by atoms with van der Waals surface area (Å²) in [5.74, 6) is 0. The van der Waals surface area contributed by atoms with Gasteiger partial charge in [0, 0.05) is 43.8 Å². The number of benzene rings is 1. The zero-order valence-electron chi connectivity index (χ0n) is 20.8. The lowest BCUT2D eigenvalue weighted by Gasteiger charge is -2.32. The van der Waals surface area contributed by atoms with E-state index < -0.39 is 0 Å².